The Morgan fingerprint density at radius 2 is 1.29 bits per heavy atom. The molecule has 0 atom stereocenters. The number of para-hydroxylation sites is 2. The number of fused-ring (bicyclic) bond motifs is 2. The largest absolute Gasteiger partial charge is 0.490 e. The highest BCUT2D eigenvalue weighted by atomic mass is 19.4. The standard InChI is InChI=1S/C25H25N7O3.C2HF3O2/c26-25(27)32-23(34)20-12-11-19(31-20)22(33)28-13-5-6-14-29-24(35)21-15-7-1-3-9-17(15)30-18-10-4-2-8-16(18)21;3-2(4,5)1(6)7/h1-4,7-12,31H,5-6,13-14H2,(H,28,33)(H,29,35)(H4,26,27,32,34);(H,6,7). The first-order chi connectivity index (χ1) is 19.9. The molecule has 2 heterocycles. The Morgan fingerprint density at radius 3 is 1.79 bits per heavy atom. The number of halogens is 3. The minimum absolute atomic E-state index is 0.113. The zero-order valence-electron chi connectivity index (χ0n) is 21.9. The lowest BCUT2D eigenvalue weighted by atomic mass is 10.0. The van der Waals surface area contributed by atoms with E-state index in [1.165, 1.54) is 12.1 Å². The van der Waals surface area contributed by atoms with E-state index in [1.54, 1.807) is 0 Å². The Morgan fingerprint density at radius 1 is 0.810 bits per heavy atom. The molecule has 0 fully saturated rings. The number of hydrogen-bond acceptors (Lipinski definition) is 5. The van der Waals surface area contributed by atoms with Crippen LogP contribution in [0.15, 0.2) is 65.7 Å². The van der Waals surface area contributed by atoms with E-state index in [-0.39, 0.29) is 29.2 Å². The monoisotopic (exact) mass is 585 g/mol. The number of carbonyl (C=O) groups is 4. The Bertz CT molecular complexity index is 1590. The molecule has 0 spiro atoms. The lowest BCUT2D eigenvalue weighted by Gasteiger charge is -2.11. The number of alkyl halides is 3. The number of nitrogens with zero attached hydrogens (tertiary/aromatic N) is 2. The zero-order chi connectivity index (χ0) is 30.9. The van der Waals surface area contributed by atoms with E-state index in [4.69, 9.17) is 21.4 Å². The molecule has 220 valence electrons. The molecule has 0 aliphatic heterocycles. The molecular weight excluding hydrogens is 559 g/mol. The van der Waals surface area contributed by atoms with Gasteiger partial charge in [-0.25, -0.2) is 9.78 Å². The van der Waals surface area contributed by atoms with Crippen LogP contribution in [0.25, 0.3) is 21.8 Å². The van der Waals surface area contributed by atoms with Gasteiger partial charge in [-0.2, -0.15) is 18.2 Å². The maximum absolute atomic E-state index is 13.1. The average molecular weight is 586 g/mol. The minimum Gasteiger partial charge on any atom is -0.475 e. The summed E-state index contributed by atoms with van der Waals surface area (Å²) in [7, 11) is 0. The molecule has 4 rings (SSSR count). The number of aliphatic carboxylic acids is 1. The lowest BCUT2D eigenvalue weighted by molar-refractivity contribution is -0.192. The van der Waals surface area contributed by atoms with Crippen molar-refractivity contribution in [2.45, 2.75) is 19.0 Å². The molecule has 4 aromatic rings. The van der Waals surface area contributed by atoms with Gasteiger partial charge in [0.25, 0.3) is 17.7 Å². The van der Waals surface area contributed by atoms with Crippen LogP contribution in [0.3, 0.4) is 0 Å². The third kappa shape index (κ3) is 8.27. The van der Waals surface area contributed by atoms with Gasteiger partial charge in [-0.05, 0) is 37.1 Å². The van der Waals surface area contributed by atoms with Gasteiger partial charge in [0, 0.05) is 23.9 Å². The maximum atomic E-state index is 13.1. The summed E-state index contributed by atoms with van der Waals surface area (Å²) >= 11 is 0. The summed E-state index contributed by atoms with van der Waals surface area (Å²) in [5.74, 6) is -4.28. The van der Waals surface area contributed by atoms with Crippen LogP contribution in [-0.2, 0) is 4.79 Å². The highest BCUT2D eigenvalue weighted by molar-refractivity contribution is 6.16. The second kappa shape index (κ2) is 13.7. The number of H-pyrrole nitrogens is 1. The molecule has 42 heavy (non-hydrogen) atoms. The number of rotatable bonds is 8. The van der Waals surface area contributed by atoms with Crippen molar-refractivity contribution >= 4 is 51.5 Å². The molecule has 0 bridgehead atoms. The van der Waals surface area contributed by atoms with Crippen LogP contribution in [0.4, 0.5) is 13.2 Å². The molecule has 12 nitrogen and oxygen atoms in total. The number of carboxylic acid groups (broad SMARTS) is 1. The van der Waals surface area contributed by atoms with Gasteiger partial charge < -0.3 is 32.2 Å². The van der Waals surface area contributed by atoms with Gasteiger partial charge >= 0.3 is 12.1 Å². The zero-order valence-corrected chi connectivity index (χ0v) is 21.9. The summed E-state index contributed by atoms with van der Waals surface area (Å²) in [6, 6.07) is 18.1. The molecule has 15 heteroatoms. The van der Waals surface area contributed by atoms with E-state index >= 15 is 0 Å². The summed E-state index contributed by atoms with van der Waals surface area (Å²) < 4.78 is 31.7. The fourth-order valence-electron chi connectivity index (χ4n) is 3.75. The summed E-state index contributed by atoms with van der Waals surface area (Å²) in [6.45, 7) is 0.866. The number of guanidine groups is 1. The third-order valence-electron chi connectivity index (χ3n) is 5.62. The fourth-order valence-corrected chi connectivity index (χ4v) is 3.75. The van der Waals surface area contributed by atoms with Gasteiger partial charge in [-0.15, -0.1) is 0 Å². The minimum atomic E-state index is -5.08. The van der Waals surface area contributed by atoms with E-state index in [0.717, 1.165) is 21.8 Å². The second-order valence-electron chi connectivity index (χ2n) is 8.67. The first-order valence-corrected chi connectivity index (χ1v) is 12.4. The fraction of sp³-hybridized carbons (Fsp3) is 0.185. The Kier molecular flexibility index (Phi) is 10.2. The van der Waals surface area contributed by atoms with E-state index in [1.807, 2.05) is 48.5 Å². The van der Waals surface area contributed by atoms with Gasteiger partial charge in [-0.3, -0.25) is 14.4 Å². The number of hydrogen-bond donors (Lipinski definition) is 6. The molecule has 0 unspecified atom stereocenters. The number of nitrogens with two attached hydrogens (primary N) is 2. The van der Waals surface area contributed by atoms with Crippen molar-refractivity contribution in [3.63, 3.8) is 0 Å². The first kappa shape index (κ1) is 31.1. The van der Waals surface area contributed by atoms with E-state index in [0.29, 0.717) is 31.5 Å². The molecule has 0 saturated heterocycles. The number of pyridine rings is 1. The van der Waals surface area contributed by atoms with E-state index in [2.05, 4.69) is 25.6 Å². The molecule has 0 aliphatic carbocycles. The van der Waals surface area contributed by atoms with Crippen molar-refractivity contribution in [2.24, 2.45) is 16.5 Å². The van der Waals surface area contributed by atoms with Gasteiger partial charge in [0.15, 0.2) is 5.96 Å². The Labute approximate surface area is 236 Å². The van der Waals surface area contributed by atoms with Crippen molar-refractivity contribution in [1.82, 2.24) is 20.6 Å². The highest BCUT2D eigenvalue weighted by Gasteiger charge is 2.38. The van der Waals surface area contributed by atoms with Crippen LogP contribution in [0.1, 0.15) is 44.2 Å². The number of aromatic amines is 1. The second-order valence-corrected chi connectivity index (χ2v) is 8.67. The topological polar surface area (TPSA) is 206 Å². The summed E-state index contributed by atoms with van der Waals surface area (Å²) in [6.07, 6.45) is -3.75. The van der Waals surface area contributed by atoms with Crippen LogP contribution in [0.5, 0.6) is 0 Å². The summed E-state index contributed by atoms with van der Waals surface area (Å²) in [5, 5.41) is 14.5. The molecule has 3 amide bonds. The predicted molar refractivity (Wildman–Crippen MR) is 148 cm³/mol. The highest BCUT2D eigenvalue weighted by Crippen LogP contribution is 2.25. The maximum Gasteiger partial charge on any atom is 0.490 e. The van der Waals surface area contributed by atoms with Crippen molar-refractivity contribution in [2.75, 3.05) is 13.1 Å². The molecule has 0 saturated carbocycles. The number of amides is 3. The van der Waals surface area contributed by atoms with E-state index < -0.39 is 18.1 Å². The van der Waals surface area contributed by atoms with Crippen LogP contribution >= 0.6 is 0 Å². The molecule has 0 aliphatic rings. The lowest BCUT2D eigenvalue weighted by Crippen LogP contribution is -2.28. The van der Waals surface area contributed by atoms with Gasteiger partial charge in [-0.1, -0.05) is 36.4 Å². The van der Waals surface area contributed by atoms with Crippen molar-refractivity contribution in [3.05, 3.63) is 77.6 Å². The van der Waals surface area contributed by atoms with Crippen LogP contribution in [-0.4, -0.2) is 64.0 Å². The normalized spacial score (nSPS) is 10.8. The SMILES string of the molecule is NC(N)=NC(=O)c1ccc(C(=O)NCCCCNC(=O)c2c3ccccc3nc3ccccc23)[nH]1.O=C(O)C(F)(F)F. The molecule has 2 aromatic heterocycles. The molecule has 0 radical (unpaired) electrons. The number of carboxylic acids is 1. The van der Waals surface area contributed by atoms with Crippen molar-refractivity contribution in [1.29, 1.82) is 0 Å². The van der Waals surface area contributed by atoms with Crippen LogP contribution < -0.4 is 22.1 Å². The molecule has 2 aromatic carbocycles. The summed E-state index contributed by atoms with van der Waals surface area (Å²) in [5.41, 5.74) is 12.9. The molecule has 8 N–H and O–H groups in total. The van der Waals surface area contributed by atoms with Gasteiger partial charge in [0.1, 0.15) is 11.4 Å². The van der Waals surface area contributed by atoms with E-state index in [9.17, 15) is 27.6 Å². The van der Waals surface area contributed by atoms with Crippen LogP contribution in [0, 0.1) is 0 Å². The number of aromatic nitrogens is 2. The predicted octanol–water partition coefficient (Wildman–Crippen LogP) is 2.70. The Hall–Kier alpha value is -5.47. The number of carbonyl (C=O) groups excluding carboxylic acids is 3. The third-order valence-corrected chi connectivity index (χ3v) is 5.62. The average Bonchev–Trinajstić information content (AvgIpc) is 3.44. The number of unbranched alkanes of at least 4 members (excludes halogenated alkanes) is 1. The van der Waals surface area contributed by atoms with Gasteiger partial charge in [0.05, 0.1) is 16.6 Å². The van der Waals surface area contributed by atoms with Gasteiger partial charge in [0.2, 0.25) is 0 Å². The van der Waals surface area contributed by atoms with Crippen LogP contribution in [0.2, 0.25) is 0 Å². The smallest absolute Gasteiger partial charge is 0.475 e. The first-order valence-electron chi connectivity index (χ1n) is 12.4. The number of aliphatic imine (C=N–C) groups is 1. The Balaban J connectivity index is 0.000000616. The number of nitrogens with one attached hydrogen (secondary N) is 3. The quantitative estimate of drug-likeness (QED) is 0.0783. The summed E-state index contributed by atoms with van der Waals surface area (Å²) in [4.78, 5) is 56.8. The van der Waals surface area contributed by atoms with Crippen molar-refractivity contribution < 1.29 is 37.5 Å². The number of benzene rings is 2. The molecular formula is C27H26F3N7O5. The van der Waals surface area contributed by atoms with Crippen molar-refractivity contribution in [3.8, 4) is 0 Å².